The number of pyridine rings is 1. The van der Waals surface area contributed by atoms with E-state index in [2.05, 4.69) is 4.98 Å². The van der Waals surface area contributed by atoms with Crippen molar-refractivity contribution in [3.8, 4) is 0 Å². The van der Waals surface area contributed by atoms with Crippen LogP contribution in [0, 0.1) is 13.8 Å². The van der Waals surface area contributed by atoms with Crippen LogP contribution in [0.3, 0.4) is 0 Å². The molecular formula is C21H21F3N2O4S. The van der Waals surface area contributed by atoms with E-state index < -0.39 is 45.4 Å². The average molecular weight is 454 g/mol. The van der Waals surface area contributed by atoms with Gasteiger partial charge in [-0.25, -0.2) is 8.42 Å². The number of rotatable bonds is 6. The fraction of sp³-hybridized carbons (Fsp3) is 0.286. The van der Waals surface area contributed by atoms with Crippen molar-refractivity contribution in [3.63, 3.8) is 0 Å². The average Bonchev–Trinajstić information content (AvgIpc) is 2.69. The van der Waals surface area contributed by atoms with E-state index in [-0.39, 0.29) is 12.1 Å². The van der Waals surface area contributed by atoms with Crippen LogP contribution in [0.2, 0.25) is 0 Å². The standard InChI is InChI=1S/C21H21F3N2O4S/c1-13-8-15-10-16(20(28)25-19(15)9-14(13)2)12-26(6-7-27)31(29,30)18-5-3-4-17(11-18)21(22,23)24/h3-5,8-11,27H,6-7,12H2,1-2H3,(H,25,28). The third kappa shape index (κ3) is 4.81. The summed E-state index contributed by atoms with van der Waals surface area (Å²) in [7, 11) is -4.41. The lowest BCUT2D eigenvalue weighted by molar-refractivity contribution is -0.137. The normalized spacial score (nSPS) is 12.6. The highest BCUT2D eigenvalue weighted by atomic mass is 32.2. The zero-order valence-corrected chi connectivity index (χ0v) is 17.6. The molecule has 0 amide bonds. The monoisotopic (exact) mass is 454 g/mol. The molecule has 0 bridgehead atoms. The minimum absolute atomic E-state index is 0.111. The van der Waals surface area contributed by atoms with E-state index in [1.165, 1.54) is 0 Å². The number of hydrogen-bond acceptors (Lipinski definition) is 4. The molecule has 0 fully saturated rings. The number of H-pyrrole nitrogens is 1. The Morgan fingerprint density at radius 3 is 2.39 bits per heavy atom. The number of sulfonamides is 1. The van der Waals surface area contributed by atoms with Gasteiger partial charge in [-0.3, -0.25) is 4.79 Å². The SMILES string of the molecule is Cc1cc2cc(CN(CCO)S(=O)(=O)c3cccc(C(F)(F)F)c3)c(=O)[nH]c2cc1C. The Balaban J connectivity index is 2.04. The van der Waals surface area contributed by atoms with E-state index in [0.29, 0.717) is 17.0 Å². The number of aliphatic hydroxyl groups is 1. The van der Waals surface area contributed by atoms with E-state index in [1.807, 2.05) is 19.9 Å². The summed E-state index contributed by atoms with van der Waals surface area (Å²) in [6, 6.07) is 8.56. The van der Waals surface area contributed by atoms with Crippen molar-refractivity contribution in [1.29, 1.82) is 0 Å². The minimum atomic E-state index is -4.71. The Labute approximate surface area is 177 Å². The van der Waals surface area contributed by atoms with E-state index in [1.54, 1.807) is 12.1 Å². The second-order valence-electron chi connectivity index (χ2n) is 7.24. The van der Waals surface area contributed by atoms with Gasteiger partial charge in [-0.1, -0.05) is 6.07 Å². The van der Waals surface area contributed by atoms with Gasteiger partial charge in [-0.05, 0) is 66.8 Å². The molecule has 0 spiro atoms. The van der Waals surface area contributed by atoms with Crippen molar-refractivity contribution in [1.82, 2.24) is 9.29 Å². The van der Waals surface area contributed by atoms with Gasteiger partial charge in [0.15, 0.2) is 0 Å². The van der Waals surface area contributed by atoms with Crippen LogP contribution in [0.25, 0.3) is 10.9 Å². The predicted octanol–water partition coefficient (Wildman–Crippen LogP) is 3.35. The van der Waals surface area contributed by atoms with Crippen LogP contribution in [-0.2, 0) is 22.7 Å². The number of aromatic nitrogens is 1. The zero-order chi connectivity index (χ0) is 23.0. The first kappa shape index (κ1) is 23.0. The second kappa shape index (κ2) is 8.45. The number of benzene rings is 2. The van der Waals surface area contributed by atoms with Gasteiger partial charge in [-0.15, -0.1) is 0 Å². The van der Waals surface area contributed by atoms with Gasteiger partial charge >= 0.3 is 6.18 Å². The molecule has 0 radical (unpaired) electrons. The molecule has 2 aromatic carbocycles. The maximum absolute atomic E-state index is 13.0. The number of nitrogens with one attached hydrogen (secondary N) is 1. The van der Waals surface area contributed by atoms with Crippen molar-refractivity contribution in [2.24, 2.45) is 0 Å². The van der Waals surface area contributed by atoms with Crippen LogP contribution in [0.15, 0.2) is 52.2 Å². The minimum Gasteiger partial charge on any atom is -0.395 e. The van der Waals surface area contributed by atoms with Gasteiger partial charge in [0.05, 0.1) is 17.1 Å². The summed E-state index contributed by atoms with van der Waals surface area (Å²) in [5, 5.41) is 10.0. The first-order valence-electron chi connectivity index (χ1n) is 9.35. The highest BCUT2D eigenvalue weighted by Gasteiger charge is 2.33. The van der Waals surface area contributed by atoms with Crippen LogP contribution in [0.5, 0.6) is 0 Å². The predicted molar refractivity (Wildman–Crippen MR) is 110 cm³/mol. The summed E-state index contributed by atoms with van der Waals surface area (Å²) in [5.74, 6) is 0. The number of aliphatic hydroxyl groups excluding tert-OH is 1. The smallest absolute Gasteiger partial charge is 0.395 e. The molecule has 0 unspecified atom stereocenters. The molecule has 1 heterocycles. The summed E-state index contributed by atoms with van der Waals surface area (Å²) < 4.78 is 65.9. The number of hydrogen-bond donors (Lipinski definition) is 2. The van der Waals surface area contributed by atoms with Crippen LogP contribution >= 0.6 is 0 Å². The highest BCUT2D eigenvalue weighted by molar-refractivity contribution is 7.89. The molecular weight excluding hydrogens is 433 g/mol. The fourth-order valence-corrected chi connectivity index (χ4v) is 4.66. The van der Waals surface area contributed by atoms with Gasteiger partial charge in [0.1, 0.15) is 0 Å². The summed E-state index contributed by atoms with van der Waals surface area (Å²) >= 11 is 0. The highest BCUT2D eigenvalue weighted by Crippen LogP contribution is 2.31. The molecule has 0 atom stereocenters. The van der Waals surface area contributed by atoms with Crippen LogP contribution in [-0.4, -0.2) is 36.0 Å². The second-order valence-corrected chi connectivity index (χ2v) is 9.17. The first-order chi connectivity index (χ1) is 14.4. The molecule has 0 aliphatic carbocycles. The van der Waals surface area contributed by atoms with Crippen molar-refractivity contribution in [3.05, 3.63) is 75.1 Å². The van der Waals surface area contributed by atoms with Crippen LogP contribution in [0.1, 0.15) is 22.3 Å². The Bertz CT molecular complexity index is 1280. The topological polar surface area (TPSA) is 90.5 Å². The lowest BCUT2D eigenvalue weighted by atomic mass is 10.1. The quantitative estimate of drug-likeness (QED) is 0.598. The molecule has 0 aliphatic heterocycles. The number of aromatic amines is 1. The maximum Gasteiger partial charge on any atom is 0.416 e. The van der Waals surface area contributed by atoms with Crippen molar-refractivity contribution in [2.45, 2.75) is 31.5 Å². The van der Waals surface area contributed by atoms with Crippen molar-refractivity contribution in [2.75, 3.05) is 13.2 Å². The van der Waals surface area contributed by atoms with E-state index in [0.717, 1.165) is 33.6 Å². The first-order valence-corrected chi connectivity index (χ1v) is 10.8. The zero-order valence-electron chi connectivity index (χ0n) is 16.8. The number of nitrogens with zero attached hydrogens (tertiary/aromatic N) is 1. The Morgan fingerprint density at radius 1 is 1.06 bits per heavy atom. The van der Waals surface area contributed by atoms with Gasteiger partial charge in [0.25, 0.3) is 5.56 Å². The van der Waals surface area contributed by atoms with E-state index in [4.69, 9.17) is 0 Å². The molecule has 10 heteroatoms. The Morgan fingerprint density at radius 2 is 1.74 bits per heavy atom. The maximum atomic E-state index is 13.0. The van der Waals surface area contributed by atoms with Crippen LogP contribution < -0.4 is 5.56 Å². The summed E-state index contributed by atoms with van der Waals surface area (Å²) in [4.78, 5) is 14.7. The third-order valence-corrected chi connectivity index (χ3v) is 6.87. The molecule has 2 N–H and O–H groups in total. The number of fused-ring (bicyclic) bond motifs is 1. The molecule has 3 aromatic rings. The number of aryl methyl sites for hydroxylation is 2. The van der Waals surface area contributed by atoms with Gasteiger partial charge < -0.3 is 10.1 Å². The number of halogens is 3. The van der Waals surface area contributed by atoms with Crippen molar-refractivity contribution >= 4 is 20.9 Å². The molecule has 31 heavy (non-hydrogen) atoms. The molecule has 3 rings (SSSR count). The van der Waals surface area contributed by atoms with E-state index in [9.17, 15) is 31.5 Å². The summed E-state index contributed by atoms with van der Waals surface area (Å²) in [5.41, 5.74) is 1.04. The molecule has 166 valence electrons. The molecule has 6 nitrogen and oxygen atoms in total. The van der Waals surface area contributed by atoms with Gasteiger partial charge in [-0.2, -0.15) is 17.5 Å². The summed E-state index contributed by atoms with van der Waals surface area (Å²) in [6.07, 6.45) is -4.71. The van der Waals surface area contributed by atoms with Crippen LogP contribution in [0.4, 0.5) is 13.2 Å². The molecule has 1 aromatic heterocycles. The molecule has 0 aliphatic rings. The third-order valence-electron chi connectivity index (χ3n) is 5.03. The summed E-state index contributed by atoms with van der Waals surface area (Å²) in [6.45, 7) is 2.43. The largest absolute Gasteiger partial charge is 0.416 e. The van der Waals surface area contributed by atoms with E-state index >= 15 is 0 Å². The van der Waals surface area contributed by atoms with Crippen molar-refractivity contribution < 1.29 is 26.7 Å². The Kier molecular flexibility index (Phi) is 6.26. The lowest BCUT2D eigenvalue weighted by Crippen LogP contribution is -2.35. The fourth-order valence-electron chi connectivity index (χ4n) is 3.21. The Hall–Kier alpha value is -2.69. The molecule has 0 saturated carbocycles. The lowest BCUT2D eigenvalue weighted by Gasteiger charge is -2.22. The number of alkyl halides is 3. The van der Waals surface area contributed by atoms with Gasteiger partial charge in [0, 0.05) is 24.2 Å². The van der Waals surface area contributed by atoms with Gasteiger partial charge in [0.2, 0.25) is 10.0 Å². The molecule has 0 saturated heterocycles.